The van der Waals surface area contributed by atoms with Gasteiger partial charge in [-0.2, -0.15) is 35.1 Å². The molecule has 13 heteroatoms. The van der Waals surface area contributed by atoms with Crippen LogP contribution in [0.5, 0.6) is 5.75 Å². The molecular formula is C20H13F8NO4. The minimum Gasteiger partial charge on any atom is -0.497 e. The Morgan fingerprint density at radius 1 is 1.03 bits per heavy atom. The largest absolute Gasteiger partial charge is 0.497 e. The third-order valence-corrected chi connectivity index (χ3v) is 4.74. The van der Waals surface area contributed by atoms with Gasteiger partial charge in [0, 0.05) is 11.6 Å². The van der Waals surface area contributed by atoms with Gasteiger partial charge in [-0.25, -0.2) is 4.79 Å². The lowest BCUT2D eigenvalue weighted by molar-refractivity contribution is -0.152. The molecular weight excluding hydrogens is 470 g/mol. The van der Waals surface area contributed by atoms with Crippen LogP contribution >= 0.6 is 0 Å². The lowest BCUT2D eigenvalue weighted by Gasteiger charge is -2.38. The average molecular weight is 483 g/mol. The molecule has 1 amide bonds. The Balaban J connectivity index is 1.95. The van der Waals surface area contributed by atoms with Gasteiger partial charge in [0.1, 0.15) is 12.4 Å². The topological polar surface area (TPSA) is 55.8 Å². The molecule has 1 aliphatic heterocycles. The molecule has 0 spiro atoms. The second-order valence-electron chi connectivity index (χ2n) is 6.89. The molecule has 0 N–H and O–H groups in total. The Kier molecular flexibility index (Phi) is 6.03. The van der Waals surface area contributed by atoms with E-state index in [2.05, 4.69) is 0 Å². The first-order chi connectivity index (χ1) is 15.2. The Labute approximate surface area is 180 Å². The van der Waals surface area contributed by atoms with E-state index in [9.17, 15) is 44.7 Å². The number of methoxy groups -OCH3 is 1. The second-order valence-corrected chi connectivity index (χ2v) is 6.89. The predicted molar refractivity (Wildman–Crippen MR) is 95.9 cm³/mol. The van der Waals surface area contributed by atoms with Gasteiger partial charge in [0.05, 0.1) is 36.0 Å². The number of esters is 1. The van der Waals surface area contributed by atoms with Crippen molar-refractivity contribution in [1.29, 1.82) is 0 Å². The monoisotopic (exact) mass is 483 g/mol. The van der Waals surface area contributed by atoms with Gasteiger partial charge in [-0.15, -0.1) is 0 Å². The highest BCUT2D eigenvalue weighted by molar-refractivity contribution is 6.06. The summed E-state index contributed by atoms with van der Waals surface area (Å²) >= 11 is 0. The van der Waals surface area contributed by atoms with Crippen LogP contribution in [-0.2, 0) is 28.5 Å². The second kappa shape index (κ2) is 8.19. The van der Waals surface area contributed by atoms with Crippen LogP contribution in [0.15, 0.2) is 36.4 Å². The summed E-state index contributed by atoms with van der Waals surface area (Å²) in [5.41, 5.74) is -5.76. The number of anilines is 1. The maximum Gasteiger partial charge on any atom is 0.417 e. The lowest BCUT2D eigenvalue weighted by atomic mass is 10.00. The maximum absolute atomic E-state index is 13.3. The van der Waals surface area contributed by atoms with Gasteiger partial charge in [0.15, 0.2) is 0 Å². The summed E-state index contributed by atoms with van der Waals surface area (Å²) in [6, 6.07) is 4.68. The molecule has 5 nitrogen and oxygen atoms in total. The van der Waals surface area contributed by atoms with Crippen molar-refractivity contribution in [3.8, 4) is 5.75 Å². The highest BCUT2D eigenvalue weighted by Gasteiger charge is 2.55. The van der Waals surface area contributed by atoms with Gasteiger partial charge in [-0.05, 0) is 24.3 Å². The molecule has 33 heavy (non-hydrogen) atoms. The third-order valence-electron chi connectivity index (χ3n) is 4.74. The van der Waals surface area contributed by atoms with E-state index in [1.807, 2.05) is 0 Å². The van der Waals surface area contributed by atoms with Crippen molar-refractivity contribution in [2.75, 3.05) is 18.6 Å². The van der Waals surface area contributed by atoms with E-state index >= 15 is 0 Å². The van der Waals surface area contributed by atoms with E-state index in [0.29, 0.717) is 23.1 Å². The molecule has 1 aliphatic rings. The van der Waals surface area contributed by atoms with Gasteiger partial charge < -0.3 is 9.47 Å². The first-order valence-corrected chi connectivity index (χ1v) is 8.98. The summed E-state index contributed by atoms with van der Waals surface area (Å²) in [5.74, 6) is -7.03. The predicted octanol–water partition coefficient (Wildman–Crippen LogP) is 5.07. The van der Waals surface area contributed by atoms with Crippen LogP contribution in [0.1, 0.15) is 27.0 Å². The Hall–Kier alpha value is -3.38. The van der Waals surface area contributed by atoms with E-state index in [0.717, 1.165) is 6.07 Å². The molecule has 0 saturated carbocycles. The first kappa shape index (κ1) is 24.3. The fourth-order valence-corrected chi connectivity index (χ4v) is 3.14. The van der Waals surface area contributed by atoms with Crippen LogP contribution in [0, 0.1) is 0 Å². The maximum atomic E-state index is 13.3. The highest BCUT2D eigenvalue weighted by atomic mass is 19.4. The number of alkyl halides is 8. The SMILES string of the molecule is COc1ccc(COC(=O)c2c(C(F)(F)F)cccc2C(F)(F)F)c(N2CC(F)(F)C2=O)c1. The molecule has 1 heterocycles. The summed E-state index contributed by atoms with van der Waals surface area (Å²) in [6.07, 6.45) is -10.6. The molecule has 0 aliphatic carbocycles. The zero-order valence-electron chi connectivity index (χ0n) is 16.5. The molecule has 0 radical (unpaired) electrons. The summed E-state index contributed by atoms with van der Waals surface area (Å²) in [7, 11) is 1.23. The molecule has 2 aromatic carbocycles. The number of hydrogen-bond donors (Lipinski definition) is 0. The molecule has 1 saturated heterocycles. The van der Waals surface area contributed by atoms with Crippen LogP contribution in [0.2, 0.25) is 0 Å². The standard InChI is InChI=1S/C20H13F8NO4/c1-32-11-6-5-10(14(7-11)29-9-18(21,22)17(29)31)8-33-16(30)15-12(19(23,24)25)3-2-4-13(15)20(26,27)28/h2-7H,8-9H2,1H3. The zero-order valence-corrected chi connectivity index (χ0v) is 16.5. The van der Waals surface area contributed by atoms with Crippen molar-refractivity contribution in [3.05, 3.63) is 58.7 Å². The van der Waals surface area contributed by atoms with Crippen molar-refractivity contribution in [2.45, 2.75) is 24.9 Å². The van der Waals surface area contributed by atoms with Crippen molar-refractivity contribution in [3.63, 3.8) is 0 Å². The third kappa shape index (κ3) is 4.71. The average Bonchev–Trinajstić information content (AvgIpc) is 2.73. The Bertz CT molecular complexity index is 1060. The number of nitrogens with zero attached hydrogens (tertiary/aromatic N) is 1. The Morgan fingerprint density at radius 3 is 2.06 bits per heavy atom. The molecule has 0 atom stereocenters. The molecule has 1 fully saturated rings. The van der Waals surface area contributed by atoms with Crippen molar-refractivity contribution in [1.82, 2.24) is 0 Å². The van der Waals surface area contributed by atoms with Crippen molar-refractivity contribution in [2.24, 2.45) is 0 Å². The zero-order chi connectivity index (χ0) is 24.8. The fourth-order valence-electron chi connectivity index (χ4n) is 3.14. The Morgan fingerprint density at radius 2 is 1.61 bits per heavy atom. The normalized spacial score (nSPS) is 15.8. The number of benzene rings is 2. The molecule has 0 unspecified atom stereocenters. The molecule has 2 aromatic rings. The number of hydrogen-bond acceptors (Lipinski definition) is 4. The molecule has 178 valence electrons. The van der Waals surface area contributed by atoms with E-state index in [-0.39, 0.29) is 17.0 Å². The van der Waals surface area contributed by atoms with E-state index in [1.165, 1.54) is 19.2 Å². The van der Waals surface area contributed by atoms with Gasteiger partial charge in [-0.1, -0.05) is 6.07 Å². The summed E-state index contributed by atoms with van der Waals surface area (Å²) in [6.45, 7) is -1.92. The van der Waals surface area contributed by atoms with Crippen molar-refractivity contribution >= 4 is 17.6 Å². The lowest BCUT2D eigenvalue weighted by Crippen LogP contribution is -2.62. The van der Waals surface area contributed by atoms with E-state index in [1.54, 1.807) is 0 Å². The number of rotatable bonds is 5. The van der Waals surface area contributed by atoms with E-state index in [4.69, 9.17) is 9.47 Å². The van der Waals surface area contributed by atoms with Crippen LogP contribution in [0.3, 0.4) is 0 Å². The summed E-state index contributed by atoms with van der Waals surface area (Å²) in [4.78, 5) is 24.7. The number of amides is 1. The van der Waals surface area contributed by atoms with Crippen LogP contribution in [0.4, 0.5) is 40.8 Å². The van der Waals surface area contributed by atoms with Gasteiger partial charge in [0.2, 0.25) is 0 Å². The minimum atomic E-state index is -5.30. The molecule has 0 aromatic heterocycles. The molecule has 3 rings (SSSR count). The number of halogens is 8. The molecule has 0 bridgehead atoms. The van der Waals surface area contributed by atoms with Crippen LogP contribution in [-0.4, -0.2) is 31.5 Å². The van der Waals surface area contributed by atoms with E-state index < -0.39 is 60.0 Å². The summed E-state index contributed by atoms with van der Waals surface area (Å²) in [5, 5.41) is 0. The van der Waals surface area contributed by atoms with Gasteiger partial charge >= 0.3 is 24.2 Å². The minimum absolute atomic E-state index is 0.116. The number of ether oxygens (including phenoxy) is 2. The fraction of sp³-hybridized carbons (Fsp3) is 0.300. The number of carbonyl (C=O) groups is 2. The smallest absolute Gasteiger partial charge is 0.417 e. The number of carbonyl (C=O) groups excluding carboxylic acids is 2. The summed E-state index contributed by atoms with van der Waals surface area (Å²) < 4.78 is 116. The van der Waals surface area contributed by atoms with Crippen LogP contribution < -0.4 is 9.64 Å². The highest BCUT2D eigenvalue weighted by Crippen LogP contribution is 2.40. The number of β-lactam (4-membered cyclic amide) rings is 1. The van der Waals surface area contributed by atoms with Crippen LogP contribution in [0.25, 0.3) is 0 Å². The van der Waals surface area contributed by atoms with Gasteiger partial charge in [-0.3, -0.25) is 9.69 Å². The quantitative estimate of drug-likeness (QED) is 0.339. The first-order valence-electron chi connectivity index (χ1n) is 8.98. The van der Waals surface area contributed by atoms with Gasteiger partial charge in [0.25, 0.3) is 5.91 Å². The van der Waals surface area contributed by atoms with Crippen molar-refractivity contribution < 1.29 is 54.2 Å².